The first-order chi connectivity index (χ1) is 11.6. The molecule has 8 nitrogen and oxygen atoms in total. The molecule has 0 spiro atoms. The van der Waals surface area contributed by atoms with Gasteiger partial charge in [0.25, 0.3) is 5.91 Å². The van der Waals surface area contributed by atoms with Crippen molar-refractivity contribution in [1.82, 2.24) is 15.3 Å². The Bertz CT molecular complexity index is 727. The lowest BCUT2D eigenvalue weighted by atomic mass is 10.2. The van der Waals surface area contributed by atoms with Gasteiger partial charge in [0, 0.05) is 31.1 Å². The highest BCUT2D eigenvalue weighted by Gasteiger charge is 2.08. The highest BCUT2D eigenvalue weighted by atomic mass is 35.5. The molecule has 1 heterocycles. The smallest absolute Gasteiger partial charge is 0.303 e. The second-order valence-corrected chi connectivity index (χ2v) is 4.93. The predicted octanol–water partition coefficient (Wildman–Crippen LogP) is 1.74. The van der Waals surface area contributed by atoms with Crippen molar-refractivity contribution in [2.45, 2.75) is 19.4 Å². The fraction of sp³-hybridized carbons (Fsp3) is 0.250. The Kier molecular flexibility index (Phi) is 8.31. The van der Waals surface area contributed by atoms with Crippen molar-refractivity contribution in [1.29, 1.82) is 0 Å². The SMILES string of the molecule is Cl.NCc1cc(Oc2cccc(C(=O)NCCCC(=O)O)c2)ncn1. The van der Waals surface area contributed by atoms with E-state index in [-0.39, 0.29) is 31.3 Å². The average Bonchev–Trinajstić information content (AvgIpc) is 2.58. The maximum atomic E-state index is 12.0. The van der Waals surface area contributed by atoms with E-state index in [0.717, 1.165) is 0 Å². The molecule has 134 valence electrons. The van der Waals surface area contributed by atoms with Crippen molar-refractivity contribution in [3.8, 4) is 11.6 Å². The van der Waals surface area contributed by atoms with Crippen molar-refractivity contribution in [2.24, 2.45) is 5.73 Å². The van der Waals surface area contributed by atoms with Gasteiger partial charge in [-0.15, -0.1) is 12.4 Å². The van der Waals surface area contributed by atoms with Crippen LogP contribution in [0.5, 0.6) is 11.6 Å². The number of aromatic nitrogens is 2. The number of nitrogens with one attached hydrogen (secondary N) is 1. The van der Waals surface area contributed by atoms with Gasteiger partial charge in [-0.3, -0.25) is 9.59 Å². The van der Waals surface area contributed by atoms with Crippen LogP contribution >= 0.6 is 12.4 Å². The molecule has 4 N–H and O–H groups in total. The first kappa shape index (κ1) is 20.3. The van der Waals surface area contributed by atoms with Gasteiger partial charge in [-0.1, -0.05) is 6.07 Å². The number of nitrogens with zero attached hydrogens (tertiary/aromatic N) is 2. The minimum Gasteiger partial charge on any atom is -0.481 e. The molecule has 0 bridgehead atoms. The number of hydrogen-bond acceptors (Lipinski definition) is 6. The van der Waals surface area contributed by atoms with Crippen LogP contribution in [0, 0.1) is 0 Å². The summed E-state index contributed by atoms with van der Waals surface area (Å²) in [4.78, 5) is 30.4. The quantitative estimate of drug-likeness (QED) is 0.607. The minimum atomic E-state index is -0.888. The summed E-state index contributed by atoms with van der Waals surface area (Å²) in [5.41, 5.74) is 6.58. The number of ether oxygens (including phenoxy) is 1. The Morgan fingerprint density at radius 3 is 2.76 bits per heavy atom. The van der Waals surface area contributed by atoms with Crippen molar-refractivity contribution in [3.63, 3.8) is 0 Å². The summed E-state index contributed by atoms with van der Waals surface area (Å²) in [6, 6.07) is 8.23. The maximum Gasteiger partial charge on any atom is 0.303 e. The van der Waals surface area contributed by atoms with Gasteiger partial charge in [-0.05, 0) is 24.6 Å². The molecule has 2 rings (SSSR count). The van der Waals surface area contributed by atoms with Crippen LogP contribution in [0.1, 0.15) is 28.9 Å². The molecule has 0 aliphatic heterocycles. The molecular weight excluding hydrogens is 348 g/mol. The summed E-state index contributed by atoms with van der Waals surface area (Å²) in [5.74, 6) is -0.392. The van der Waals surface area contributed by atoms with Crippen LogP contribution in [0.15, 0.2) is 36.7 Å². The first-order valence-corrected chi connectivity index (χ1v) is 7.37. The number of rotatable bonds is 8. The van der Waals surface area contributed by atoms with Gasteiger partial charge in [0.05, 0.1) is 5.69 Å². The first-order valence-electron chi connectivity index (χ1n) is 7.37. The van der Waals surface area contributed by atoms with Crippen molar-refractivity contribution < 1.29 is 19.4 Å². The van der Waals surface area contributed by atoms with E-state index in [1.807, 2.05) is 0 Å². The Morgan fingerprint density at radius 1 is 1.24 bits per heavy atom. The normalized spacial score (nSPS) is 9.80. The number of carboxylic acid groups (broad SMARTS) is 1. The van der Waals surface area contributed by atoms with E-state index in [4.69, 9.17) is 15.6 Å². The number of halogens is 1. The molecule has 1 amide bonds. The molecule has 25 heavy (non-hydrogen) atoms. The lowest BCUT2D eigenvalue weighted by Crippen LogP contribution is -2.24. The van der Waals surface area contributed by atoms with Crippen LogP contribution in [0.4, 0.5) is 0 Å². The van der Waals surface area contributed by atoms with E-state index < -0.39 is 5.97 Å². The number of hydrogen-bond donors (Lipinski definition) is 3. The number of carbonyl (C=O) groups excluding carboxylic acids is 1. The van der Waals surface area contributed by atoms with E-state index in [1.165, 1.54) is 6.33 Å². The van der Waals surface area contributed by atoms with E-state index >= 15 is 0 Å². The zero-order chi connectivity index (χ0) is 17.4. The van der Waals surface area contributed by atoms with Gasteiger partial charge in [0.2, 0.25) is 5.88 Å². The van der Waals surface area contributed by atoms with Gasteiger partial charge >= 0.3 is 5.97 Å². The van der Waals surface area contributed by atoms with Gasteiger partial charge in [-0.2, -0.15) is 0 Å². The average molecular weight is 367 g/mol. The molecule has 9 heteroatoms. The van der Waals surface area contributed by atoms with Crippen LogP contribution in [-0.2, 0) is 11.3 Å². The Hall–Kier alpha value is -2.71. The predicted molar refractivity (Wildman–Crippen MR) is 92.9 cm³/mol. The summed E-state index contributed by atoms with van der Waals surface area (Å²) in [7, 11) is 0. The molecule has 1 aromatic carbocycles. The summed E-state index contributed by atoms with van der Waals surface area (Å²) >= 11 is 0. The van der Waals surface area contributed by atoms with Crippen LogP contribution < -0.4 is 15.8 Å². The second-order valence-electron chi connectivity index (χ2n) is 4.93. The number of aliphatic carboxylic acids is 1. The largest absolute Gasteiger partial charge is 0.481 e. The summed E-state index contributed by atoms with van der Waals surface area (Å²) < 4.78 is 5.60. The molecular formula is C16H19ClN4O4. The van der Waals surface area contributed by atoms with Crippen molar-refractivity contribution in [3.05, 3.63) is 47.9 Å². The maximum absolute atomic E-state index is 12.0. The Labute approximate surface area is 150 Å². The monoisotopic (exact) mass is 366 g/mol. The van der Waals surface area contributed by atoms with Gasteiger partial charge in [0.1, 0.15) is 12.1 Å². The molecule has 2 aromatic rings. The minimum absolute atomic E-state index is 0. The van der Waals surface area contributed by atoms with Gasteiger partial charge < -0.3 is 20.9 Å². The molecule has 0 saturated heterocycles. The summed E-state index contributed by atoms with van der Waals surface area (Å²) in [6.07, 6.45) is 1.75. The molecule has 0 aliphatic carbocycles. The number of nitrogens with two attached hydrogens (primary N) is 1. The highest BCUT2D eigenvalue weighted by Crippen LogP contribution is 2.20. The zero-order valence-corrected chi connectivity index (χ0v) is 14.2. The fourth-order valence-corrected chi connectivity index (χ4v) is 1.91. The third-order valence-electron chi connectivity index (χ3n) is 3.08. The molecule has 0 atom stereocenters. The lowest BCUT2D eigenvalue weighted by molar-refractivity contribution is -0.137. The fourth-order valence-electron chi connectivity index (χ4n) is 1.91. The molecule has 1 aromatic heterocycles. The standard InChI is InChI=1S/C16H18N4O4.ClH/c17-9-12-8-14(20-10-19-12)24-13-4-1-3-11(7-13)16(23)18-6-2-5-15(21)22;/h1,3-4,7-8,10H,2,5-6,9,17H2,(H,18,23)(H,21,22);1H. The Balaban J connectivity index is 0.00000312. The van der Waals surface area contributed by atoms with E-state index in [1.54, 1.807) is 30.3 Å². The van der Waals surface area contributed by atoms with E-state index in [9.17, 15) is 9.59 Å². The van der Waals surface area contributed by atoms with Crippen LogP contribution in [0.25, 0.3) is 0 Å². The molecule has 0 saturated carbocycles. The molecule has 0 unspecified atom stereocenters. The Morgan fingerprint density at radius 2 is 2.04 bits per heavy atom. The lowest BCUT2D eigenvalue weighted by Gasteiger charge is -2.08. The third-order valence-corrected chi connectivity index (χ3v) is 3.08. The number of benzene rings is 1. The van der Waals surface area contributed by atoms with Crippen LogP contribution in [0.3, 0.4) is 0 Å². The van der Waals surface area contributed by atoms with E-state index in [0.29, 0.717) is 35.9 Å². The van der Waals surface area contributed by atoms with Crippen LogP contribution in [-0.4, -0.2) is 33.5 Å². The van der Waals surface area contributed by atoms with Crippen LogP contribution in [0.2, 0.25) is 0 Å². The van der Waals surface area contributed by atoms with Crippen molar-refractivity contribution >= 4 is 24.3 Å². The van der Waals surface area contributed by atoms with Gasteiger partial charge in [0.15, 0.2) is 0 Å². The number of amides is 1. The second kappa shape index (κ2) is 10.2. The molecule has 0 fully saturated rings. The third kappa shape index (κ3) is 6.74. The van der Waals surface area contributed by atoms with Crippen molar-refractivity contribution in [2.75, 3.05) is 6.54 Å². The number of carbonyl (C=O) groups is 2. The molecule has 0 radical (unpaired) electrons. The summed E-state index contributed by atoms with van der Waals surface area (Å²) in [6.45, 7) is 0.569. The number of carboxylic acids is 1. The topological polar surface area (TPSA) is 127 Å². The summed E-state index contributed by atoms with van der Waals surface area (Å²) in [5, 5.41) is 11.2. The van der Waals surface area contributed by atoms with E-state index in [2.05, 4.69) is 15.3 Å². The molecule has 0 aliphatic rings. The van der Waals surface area contributed by atoms with Gasteiger partial charge in [-0.25, -0.2) is 9.97 Å². The zero-order valence-electron chi connectivity index (χ0n) is 13.3. The highest BCUT2D eigenvalue weighted by molar-refractivity contribution is 5.94.